The first kappa shape index (κ1) is 13.9. The predicted molar refractivity (Wildman–Crippen MR) is 78.1 cm³/mol. The van der Waals surface area contributed by atoms with E-state index in [1.54, 1.807) is 0 Å². The lowest BCUT2D eigenvalue weighted by Crippen LogP contribution is -2.21. The highest BCUT2D eigenvalue weighted by Gasteiger charge is 2.15. The fraction of sp³-hybridized carbons (Fsp3) is 0.600. The molecule has 0 radical (unpaired) electrons. The molecule has 100 valence electrons. The van der Waals surface area contributed by atoms with E-state index in [9.17, 15) is 0 Å². The third-order valence-corrected chi connectivity index (χ3v) is 4.20. The van der Waals surface area contributed by atoms with Crippen LogP contribution in [0.1, 0.15) is 32.3 Å². The number of thioether (sulfide) groups is 1. The van der Waals surface area contributed by atoms with Gasteiger partial charge in [-0.25, -0.2) is 0 Å². The van der Waals surface area contributed by atoms with E-state index in [0.717, 1.165) is 18.9 Å². The van der Waals surface area contributed by atoms with Crippen molar-refractivity contribution >= 4 is 11.8 Å². The van der Waals surface area contributed by atoms with Crippen LogP contribution in [0.15, 0.2) is 29.2 Å². The van der Waals surface area contributed by atoms with Gasteiger partial charge in [-0.05, 0) is 30.5 Å². The quantitative estimate of drug-likeness (QED) is 0.796. The average molecular weight is 265 g/mol. The number of hydrogen-bond donors (Lipinski definition) is 1. The molecule has 0 spiro atoms. The fourth-order valence-corrected chi connectivity index (χ4v) is 3.08. The van der Waals surface area contributed by atoms with Crippen LogP contribution >= 0.6 is 11.8 Å². The number of nitrogens with one attached hydrogen (secondary N) is 1. The summed E-state index contributed by atoms with van der Waals surface area (Å²) in [6, 6.07) is 9.35. The first-order valence-electron chi connectivity index (χ1n) is 6.81. The third kappa shape index (κ3) is 4.63. The first-order chi connectivity index (χ1) is 8.74. The molecule has 1 atom stereocenters. The molecule has 2 rings (SSSR count). The molecule has 0 aromatic heterocycles. The van der Waals surface area contributed by atoms with E-state index in [-0.39, 0.29) is 0 Å². The molecular formula is C15H23NOS. The molecule has 2 nitrogen and oxygen atoms in total. The van der Waals surface area contributed by atoms with Crippen LogP contribution in [-0.4, -0.2) is 24.5 Å². The lowest BCUT2D eigenvalue weighted by molar-refractivity contribution is 0.129. The van der Waals surface area contributed by atoms with Gasteiger partial charge in [0, 0.05) is 29.8 Å². The van der Waals surface area contributed by atoms with E-state index in [1.807, 2.05) is 11.8 Å². The fourth-order valence-electron chi connectivity index (χ4n) is 2.03. The Bertz CT molecular complexity index is 361. The Hall–Kier alpha value is -0.510. The number of benzene rings is 1. The van der Waals surface area contributed by atoms with E-state index in [0.29, 0.717) is 12.1 Å². The maximum Gasteiger partial charge on any atom is 0.0669 e. The molecule has 1 aliphatic heterocycles. The van der Waals surface area contributed by atoms with Crippen LogP contribution in [0.3, 0.4) is 0 Å². The lowest BCUT2D eigenvalue weighted by atomic mass is 10.2. The van der Waals surface area contributed by atoms with Crippen molar-refractivity contribution in [2.75, 3.05) is 12.4 Å². The maximum atomic E-state index is 5.65. The Morgan fingerprint density at radius 1 is 1.44 bits per heavy atom. The van der Waals surface area contributed by atoms with Gasteiger partial charge in [-0.1, -0.05) is 26.0 Å². The van der Waals surface area contributed by atoms with Crippen LogP contribution in [0.5, 0.6) is 0 Å². The molecule has 1 aromatic carbocycles. The summed E-state index contributed by atoms with van der Waals surface area (Å²) in [5.74, 6) is 1.08. The van der Waals surface area contributed by atoms with Gasteiger partial charge in [-0.2, -0.15) is 0 Å². The standard InChI is InChI=1S/C15H23NOS/c1-12(2)16-10-13-5-3-7-15(9-13)18-11-14-6-4-8-17-14/h3,5,7,9,12,14,16H,4,6,8,10-11H2,1-2H3. The van der Waals surface area contributed by atoms with Crippen LogP contribution in [0.2, 0.25) is 0 Å². The monoisotopic (exact) mass is 265 g/mol. The summed E-state index contributed by atoms with van der Waals surface area (Å²) in [5, 5.41) is 3.45. The maximum absolute atomic E-state index is 5.65. The molecule has 1 saturated heterocycles. The molecular weight excluding hydrogens is 242 g/mol. The molecule has 0 aliphatic carbocycles. The summed E-state index contributed by atoms with van der Waals surface area (Å²) in [6.07, 6.45) is 2.91. The van der Waals surface area contributed by atoms with Gasteiger partial charge in [-0.3, -0.25) is 0 Å². The summed E-state index contributed by atoms with van der Waals surface area (Å²) in [4.78, 5) is 1.36. The Morgan fingerprint density at radius 2 is 2.33 bits per heavy atom. The van der Waals surface area contributed by atoms with Crippen molar-refractivity contribution in [1.29, 1.82) is 0 Å². The number of rotatable bonds is 6. The molecule has 1 unspecified atom stereocenters. The van der Waals surface area contributed by atoms with Gasteiger partial charge in [0.25, 0.3) is 0 Å². The summed E-state index contributed by atoms with van der Waals surface area (Å²) in [7, 11) is 0. The van der Waals surface area contributed by atoms with Crippen molar-refractivity contribution in [3.8, 4) is 0 Å². The largest absolute Gasteiger partial charge is 0.377 e. The summed E-state index contributed by atoms with van der Waals surface area (Å²) in [5.41, 5.74) is 1.36. The van der Waals surface area contributed by atoms with Crippen molar-refractivity contribution in [3.05, 3.63) is 29.8 Å². The Morgan fingerprint density at radius 3 is 3.06 bits per heavy atom. The van der Waals surface area contributed by atoms with Gasteiger partial charge in [-0.15, -0.1) is 11.8 Å². The minimum atomic E-state index is 0.465. The molecule has 0 saturated carbocycles. The number of ether oxygens (including phenoxy) is 1. The highest BCUT2D eigenvalue weighted by Crippen LogP contribution is 2.24. The van der Waals surface area contributed by atoms with Crippen LogP contribution in [-0.2, 0) is 11.3 Å². The van der Waals surface area contributed by atoms with Crippen LogP contribution in [0.25, 0.3) is 0 Å². The van der Waals surface area contributed by atoms with E-state index >= 15 is 0 Å². The van der Waals surface area contributed by atoms with E-state index in [4.69, 9.17) is 4.74 Å². The minimum Gasteiger partial charge on any atom is -0.377 e. The van der Waals surface area contributed by atoms with Gasteiger partial charge in [0.2, 0.25) is 0 Å². The van der Waals surface area contributed by atoms with Gasteiger partial charge in [0.1, 0.15) is 0 Å². The average Bonchev–Trinajstić information content (AvgIpc) is 2.87. The molecule has 0 amide bonds. The first-order valence-corrected chi connectivity index (χ1v) is 7.79. The van der Waals surface area contributed by atoms with Crippen molar-refractivity contribution in [2.24, 2.45) is 0 Å². The lowest BCUT2D eigenvalue weighted by Gasteiger charge is -2.11. The van der Waals surface area contributed by atoms with E-state index in [2.05, 4.69) is 43.4 Å². The SMILES string of the molecule is CC(C)NCc1cccc(SCC2CCCO2)c1. The van der Waals surface area contributed by atoms with Crippen molar-refractivity contribution in [2.45, 2.75) is 50.3 Å². The Labute approximate surface area is 114 Å². The molecule has 1 aliphatic rings. The molecule has 1 aromatic rings. The second-order valence-electron chi connectivity index (χ2n) is 5.13. The molecule has 3 heteroatoms. The normalized spacial score (nSPS) is 19.6. The van der Waals surface area contributed by atoms with Gasteiger partial charge >= 0.3 is 0 Å². The zero-order valence-electron chi connectivity index (χ0n) is 11.3. The Kier molecular flexibility index (Phi) is 5.54. The van der Waals surface area contributed by atoms with Gasteiger partial charge in [0.05, 0.1) is 6.10 Å². The number of hydrogen-bond acceptors (Lipinski definition) is 3. The second kappa shape index (κ2) is 7.17. The third-order valence-electron chi connectivity index (χ3n) is 3.07. The van der Waals surface area contributed by atoms with Crippen molar-refractivity contribution in [1.82, 2.24) is 5.32 Å². The second-order valence-corrected chi connectivity index (χ2v) is 6.22. The molecule has 0 bridgehead atoms. The summed E-state index contributed by atoms with van der Waals surface area (Å²) < 4.78 is 5.65. The van der Waals surface area contributed by atoms with Crippen molar-refractivity contribution in [3.63, 3.8) is 0 Å². The minimum absolute atomic E-state index is 0.465. The molecule has 1 heterocycles. The van der Waals surface area contributed by atoms with Gasteiger partial charge < -0.3 is 10.1 Å². The van der Waals surface area contributed by atoms with Crippen LogP contribution in [0, 0.1) is 0 Å². The smallest absolute Gasteiger partial charge is 0.0669 e. The summed E-state index contributed by atoms with van der Waals surface area (Å²) in [6.45, 7) is 6.25. The topological polar surface area (TPSA) is 21.3 Å². The highest BCUT2D eigenvalue weighted by atomic mass is 32.2. The molecule has 1 fully saturated rings. The predicted octanol–water partition coefficient (Wildman–Crippen LogP) is 3.46. The van der Waals surface area contributed by atoms with Gasteiger partial charge in [0.15, 0.2) is 0 Å². The van der Waals surface area contributed by atoms with Crippen LogP contribution < -0.4 is 5.32 Å². The zero-order chi connectivity index (χ0) is 12.8. The summed E-state index contributed by atoms with van der Waals surface area (Å²) >= 11 is 1.91. The Balaban J connectivity index is 1.82. The molecule has 18 heavy (non-hydrogen) atoms. The highest BCUT2D eigenvalue weighted by molar-refractivity contribution is 7.99. The van der Waals surface area contributed by atoms with E-state index < -0.39 is 0 Å². The van der Waals surface area contributed by atoms with Crippen molar-refractivity contribution < 1.29 is 4.74 Å². The zero-order valence-corrected chi connectivity index (χ0v) is 12.1. The van der Waals surface area contributed by atoms with Crippen LogP contribution in [0.4, 0.5) is 0 Å². The van der Waals surface area contributed by atoms with E-state index in [1.165, 1.54) is 23.3 Å². The molecule has 1 N–H and O–H groups in total.